The molecule has 31 heavy (non-hydrogen) atoms. The second kappa shape index (κ2) is 9.72. The van der Waals surface area contributed by atoms with Crippen LogP contribution in [0.5, 0.6) is 5.75 Å². The number of carbonyl (C=O) groups excluding carboxylic acids is 2. The molecule has 0 fully saturated rings. The zero-order chi connectivity index (χ0) is 22.4. The number of benzene rings is 1. The van der Waals surface area contributed by atoms with Crippen LogP contribution in [0.4, 0.5) is 5.69 Å². The summed E-state index contributed by atoms with van der Waals surface area (Å²) in [5.74, 6) is 0.240. The highest BCUT2D eigenvalue weighted by molar-refractivity contribution is 6.06. The molecule has 3 N–H and O–H groups in total. The maximum absolute atomic E-state index is 12.7. The van der Waals surface area contributed by atoms with Gasteiger partial charge in [-0.3, -0.25) is 9.59 Å². The van der Waals surface area contributed by atoms with Crippen molar-refractivity contribution in [1.82, 2.24) is 9.97 Å². The molecule has 3 aromatic rings. The Morgan fingerprint density at radius 1 is 1.13 bits per heavy atom. The van der Waals surface area contributed by atoms with E-state index in [1.54, 1.807) is 42.6 Å². The van der Waals surface area contributed by atoms with Crippen LogP contribution in [-0.2, 0) is 4.74 Å². The second-order valence-electron chi connectivity index (χ2n) is 8.09. The standard InChI is InChI=1S/C23H27N3O5/c1-23(2,3)20(28)19-13-16-11-17(14-24-21(16)26-19)25-22(29)15-5-4-6-18(12-15)31-10-9-30-8-7-27/h4-6,11-14,27H,7-10H2,1-3H3,(H,24,26)(H,25,29). The lowest BCUT2D eigenvalue weighted by molar-refractivity contribution is 0.0705. The van der Waals surface area contributed by atoms with Crippen molar-refractivity contribution < 1.29 is 24.2 Å². The van der Waals surface area contributed by atoms with Crippen LogP contribution in [0.2, 0.25) is 0 Å². The van der Waals surface area contributed by atoms with Crippen LogP contribution in [0.25, 0.3) is 11.0 Å². The number of ketones is 1. The first kappa shape index (κ1) is 22.5. The maximum Gasteiger partial charge on any atom is 0.255 e. The van der Waals surface area contributed by atoms with E-state index in [9.17, 15) is 9.59 Å². The molecule has 0 spiro atoms. The van der Waals surface area contributed by atoms with Crippen LogP contribution in [0.3, 0.4) is 0 Å². The summed E-state index contributed by atoms with van der Waals surface area (Å²) >= 11 is 0. The van der Waals surface area contributed by atoms with Gasteiger partial charge >= 0.3 is 0 Å². The van der Waals surface area contributed by atoms with Crippen LogP contribution in [0, 0.1) is 5.41 Å². The van der Waals surface area contributed by atoms with Gasteiger partial charge in [0.25, 0.3) is 5.91 Å². The number of pyridine rings is 1. The van der Waals surface area contributed by atoms with Gasteiger partial charge < -0.3 is 24.9 Å². The Labute approximate surface area is 180 Å². The number of hydrogen-bond donors (Lipinski definition) is 3. The van der Waals surface area contributed by atoms with E-state index in [0.29, 0.717) is 41.6 Å². The number of aromatic amines is 1. The van der Waals surface area contributed by atoms with Crippen molar-refractivity contribution in [1.29, 1.82) is 0 Å². The molecule has 8 heteroatoms. The number of Topliss-reactive ketones (excluding diaryl/α,β-unsaturated/α-hetero) is 1. The number of fused-ring (bicyclic) bond motifs is 1. The molecule has 0 unspecified atom stereocenters. The van der Waals surface area contributed by atoms with Gasteiger partial charge in [0.15, 0.2) is 5.78 Å². The molecule has 0 bridgehead atoms. The zero-order valence-corrected chi connectivity index (χ0v) is 17.9. The van der Waals surface area contributed by atoms with Crippen molar-refractivity contribution in [3.05, 3.63) is 53.9 Å². The molecular formula is C23H27N3O5. The first-order valence-corrected chi connectivity index (χ1v) is 10.0. The van der Waals surface area contributed by atoms with Crippen LogP contribution >= 0.6 is 0 Å². The Kier molecular flexibility index (Phi) is 7.04. The molecule has 0 aliphatic carbocycles. The van der Waals surface area contributed by atoms with Crippen LogP contribution in [-0.4, -0.2) is 53.2 Å². The molecular weight excluding hydrogens is 398 g/mol. The Morgan fingerprint density at radius 3 is 2.68 bits per heavy atom. The molecule has 0 saturated heterocycles. The van der Waals surface area contributed by atoms with E-state index < -0.39 is 5.41 Å². The number of nitrogens with zero attached hydrogens (tertiary/aromatic N) is 1. The second-order valence-corrected chi connectivity index (χ2v) is 8.09. The van der Waals surface area contributed by atoms with Gasteiger partial charge in [-0.15, -0.1) is 0 Å². The molecule has 0 saturated carbocycles. The third kappa shape index (κ3) is 5.90. The topological polar surface area (TPSA) is 114 Å². The molecule has 0 aliphatic heterocycles. The lowest BCUT2D eigenvalue weighted by atomic mass is 9.89. The minimum absolute atomic E-state index is 0.00494. The number of nitrogens with one attached hydrogen (secondary N) is 2. The van der Waals surface area contributed by atoms with Gasteiger partial charge in [0.05, 0.1) is 37.4 Å². The third-order valence-electron chi connectivity index (χ3n) is 4.48. The fourth-order valence-corrected chi connectivity index (χ4v) is 2.93. The lowest BCUT2D eigenvalue weighted by Gasteiger charge is -2.14. The SMILES string of the molecule is CC(C)(C)C(=O)c1cc2cc(NC(=O)c3cccc(OCCOCCO)c3)cnc2[nH]1. The lowest BCUT2D eigenvalue weighted by Crippen LogP contribution is -2.20. The summed E-state index contributed by atoms with van der Waals surface area (Å²) in [7, 11) is 0. The van der Waals surface area contributed by atoms with Gasteiger partial charge in [0.2, 0.25) is 0 Å². The monoisotopic (exact) mass is 425 g/mol. The Hall–Kier alpha value is -3.23. The summed E-state index contributed by atoms with van der Waals surface area (Å²) in [5, 5.41) is 12.2. The van der Waals surface area contributed by atoms with Crippen LogP contribution < -0.4 is 10.1 Å². The quantitative estimate of drug-likeness (QED) is 0.358. The number of anilines is 1. The molecule has 164 valence electrons. The Bertz CT molecular complexity index is 1070. The Balaban J connectivity index is 1.67. The summed E-state index contributed by atoms with van der Waals surface area (Å²) in [5.41, 5.74) is 1.54. The molecule has 0 atom stereocenters. The van der Waals surface area contributed by atoms with Gasteiger partial charge in [-0.25, -0.2) is 4.98 Å². The number of ether oxygens (including phenoxy) is 2. The van der Waals surface area contributed by atoms with E-state index in [-0.39, 0.29) is 24.9 Å². The van der Waals surface area contributed by atoms with Crippen molar-refractivity contribution >= 4 is 28.4 Å². The van der Waals surface area contributed by atoms with Gasteiger partial charge in [-0.2, -0.15) is 0 Å². The summed E-state index contributed by atoms with van der Waals surface area (Å²) in [6.07, 6.45) is 1.54. The van der Waals surface area contributed by atoms with Crippen molar-refractivity contribution in [3.63, 3.8) is 0 Å². The molecule has 0 radical (unpaired) electrons. The van der Waals surface area contributed by atoms with E-state index in [0.717, 1.165) is 5.39 Å². The molecule has 2 aromatic heterocycles. The minimum Gasteiger partial charge on any atom is -0.491 e. The summed E-state index contributed by atoms with van der Waals surface area (Å²) in [6, 6.07) is 10.3. The smallest absolute Gasteiger partial charge is 0.255 e. The van der Waals surface area contributed by atoms with Gasteiger partial charge in [0.1, 0.15) is 18.0 Å². The summed E-state index contributed by atoms with van der Waals surface area (Å²) < 4.78 is 10.7. The van der Waals surface area contributed by atoms with Gasteiger partial charge in [-0.1, -0.05) is 26.8 Å². The number of H-pyrrole nitrogens is 1. The number of aromatic nitrogens is 2. The van der Waals surface area contributed by atoms with E-state index >= 15 is 0 Å². The van der Waals surface area contributed by atoms with Crippen molar-refractivity contribution in [2.75, 3.05) is 31.7 Å². The average Bonchev–Trinajstić information content (AvgIpc) is 3.15. The van der Waals surface area contributed by atoms with E-state index in [2.05, 4.69) is 15.3 Å². The fraction of sp³-hybridized carbons (Fsp3) is 0.348. The number of amides is 1. The van der Waals surface area contributed by atoms with Crippen molar-refractivity contribution in [2.24, 2.45) is 5.41 Å². The molecule has 2 heterocycles. The van der Waals surface area contributed by atoms with E-state index in [1.165, 1.54) is 0 Å². The molecule has 0 aliphatic rings. The normalized spacial score (nSPS) is 11.5. The zero-order valence-electron chi connectivity index (χ0n) is 17.9. The maximum atomic E-state index is 12.7. The third-order valence-corrected chi connectivity index (χ3v) is 4.48. The highest BCUT2D eigenvalue weighted by atomic mass is 16.5. The molecule has 1 amide bonds. The molecule has 8 nitrogen and oxygen atoms in total. The van der Waals surface area contributed by atoms with E-state index in [1.807, 2.05) is 20.8 Å². The first-order chi connectivity index (χ1) is 14.8. The van der Waals surface area contributed by atoms with Crippen molar-refractivity contribution in [3.8, 4) is 5.75 Å². The number of rotatable bonds is 9. The fourth-order valence-electron chi connectivity index (χ4n) is 2.93. The van der Waals surface area contributed by atoms with E-state index in [4.69, 9.17) is 14.6 Å². The number of carbonyl (C=O) groups is 2. The van der Waals surface area contributed by atoms with Crippen LogP contribution in [0.15, 0.2) is 42.6 Å². The van der Waals surface area contributed by atoms with Crippen molar-refractivity contribution in [2.45, 2.75) is 20.8 Å². The Morgan fingerprint density at radius 2 is 1.94 bits per heavy atom. The van der Waals surface area contributed by atoms with Gasteiger partial charge in [0, 0.05) is 16.4 Å². The highest BCUT2D eigenvalue weighted by Crippen LogP contribution is 2.24. The highest BCUT2D eigenvalue weighted by Gasteiger charge is 2.24. The number of aliphatic hydroxyl groups is 1. The predicted molar refractivity (Wildman–Crippen MR) is 118 cm³/mol. The predicted octanol–water partition coefficient (Wildman–Crippen LogP) is 3.43. The number of aliphatic hydroxyl groups excluding tert-OH is 1. The minimum atomic E-state index is -0.504. The van der Waals surface area contributed by atoms with Crippen LogP contribution in [0.1, 0.15) is 41.6 Å². The molecule has 3 rings (SSSR count). The van der Waals surface area contributed by atoms with Gasteiger partial charge in [-0.05, 0) is 30.3 Å². The average molecular weight is 425 g/mol. The summed E-state index contributed by atoms with van der Waals surface area (Å²) in [6.45, 7) is 6.47. The molecule has 1 aromatic carbocycles. The number of hydrogen-bond acceptors (Lipinski definition) is 6. The largest absolute Gasteiger partial charge is 0.491 e. The first-order valence-electron chi connectivity index (χ1n) is 10.0. The summed E-state index contributed by atoms with van der Waals surface area (Å²) in [4.78, 5) is 32.5.